The maximum atomic E-state index is 11.1. The molecule has 2 N–H and O–H groups in total. The number of nitrogens with zero attached hydrogens (tertiary/aromatic N) is 3. The number of benzene rings is 1. The first kappa shape index (κ1) is 14.2. The van der Waals surface area contributed by atoms with Crippen molar-refractivity contribution in [1.29, 1.82) is 0 Å². The molecule has 1 heterocycles. The van der Waals surface area contributed by atoms with Gasteiger partial charge in [-0.3, -0.25) is 4.79 Å². The van der Waals surface area contributed by atoms with Gasteiger partial charge in [-0.2, -0.15) is 0 Å². The molecule has 2 rings (SSSR count). The average Bonchev–Trinajstić information content (AvgIpc) is 2.71. The van der Waals surface area contributed by atoms with E-state index in [0.29, 0.717) is 17.9 Å². The molecule has 0 amide bonds. The predicted octanol–water partition coefficient (Wildman–Crippen LogP) is 2.15. The predicted molar refractivity (Wildman–Crippen MR) is 70.5 cm³/mol. The van der Waals surface area contributed by atoms with Crippen molar-refractivity contribution in [2.24, 2.45) is 5.11 Å². The van der Waals surface area contributed by atoms with Crippen molar-refractivity contribution in [2.45, 2.75) is 31.4 Å². The molecule has 7 nitrogen and oxygen atoms in total. The maximum absolute atomic E-state index is 11.1. The highest BCUT2D eigenvalue weighted by molar-refractivity contribution is 5.75. The fraction of sp³-hybridized carbons (Fsp3) is 0.462. The SMILES string of the molecule is CC1(C)COc2c(C(O)C(N=[N+]=[N-])C(=O)O)cccc21. The Hall–Kier alpha value is -2.24. The summed E-state index contributed by atoms with van der Waals surface area (Å²) in [4.78, 5) is 13.5. The fourth-order valence-corrected chi connectivity index (χ4v) is 2.29. The van der Waals surface area contributed by atoms with Crippen LogP contribution in [0.5, 0.6) is 5.75 Å². The third-order valence-electron chi connectivity index (χ3n) is 3.40. The molecule has 0 aromatic heterocycles. The Balaban J connectivity index is 2.47. The Labute approximate surface area is 115 Å². The highest BCUT2D eigenvalue weighted by Gasteiger charge is 2.37. The molecule has 0 bridgehead atoms. The number of hydrogen-bond donors (Lipinski definition) is 2. The first-order valence-electron chi connectivity index (χ1n) is 6.10. The van der Waals surface area contributed by atoms with Gasteiger partial charge in [-0.15, -0.1) is 0 Å². The topological polar surface area (TPSA) is 116 Å². The number of aliphatic hydroxyl groups is 1. The third-order valence-corrected chi connectivity index (χ3v) is 3.40. The summed E-state index contributed by atoms with van der Waals surface area (Å²) in [6, 6.07) is 3.59. The average molecular weight is 277 g/mol. The largest absolute Gasteiger partial charge is 0.492 e. The Kier molecular flexibility index (Phi) is 3.57. The number of ether oxygens (including phenoxy) is 1. The number of fused-ring (bicyclic) bond motifs is 1. The van der Waals surface area contributed by atoms with Gasteiger partial charge >= 0.3 is 5.97 Å². The van der Waals surface area contributed by atoms with Crippen molar-refractivity contribution < 1.29 is 19.7 Å². The highest BCUT2D eigenvalue weighted by Crippen LogP contribution is 2.43. The fourth-order valence-electron chi connectivity index (χ4n) is 2.29. The Morgan fingerprint density at radius 2 is 2.25 bits per heavy atom. The minimum Gasteiger partial charge on any atom is -0.492 e. The molecule has 0 radical (unpaired) electrons. The molecular formula is C13H15N3O4. The van der Waals surface area contributed by atoms with Gasteiger partial charge in [0.15, 0.2) is 6.04 Å². The molecule has 20 heavy (non-hydrogen) atoms. The Morgan fingerprint density at radius 3 is 2.85 bits per heavy atom. The highest BCUT2D eigenvalue weighted by atomic mass is 16.5. The zero-order chi connectivity index (χ0) is 14.9. The van der Waals surface area contributed by atoms with Crippen LogP contribution >= 0.6 is 0 Å². The number of aliphatic carboxylic acids is 1. The monoisotopic (exact) mass is 277 g/mol. The Bertz CT molecular complexity index is 591. The van der Waals surface area contributed by atoms with E-state index in [1.807, 2.05) is 19.9 Å². The van der Waals surface area contributed by atoms with Crippen molar-refractivity contribution in [3.05, 3.63) is 39.8 Å². The van der Waals surface area contributed by atoms with Crippen LogP contribution in [0.3, 0.4) is 0 Å². The van der Waals surface area contributed by atoms with Gasteiger partial charge in [0.1, 0.15) is 11.9 Å². The summed E-state index contributed by atoms with van der Waals surface area (Å²) in [5.41, 5.74) is 9.43. The number of carboxylic acid groups (broad SMARTS) is 1. The van der Waals surface area contributed by atoms with E-state index >= 15 is 0 Å². The zero-order valence-corrected chi connectivity index (χ0v) is 11.1. The summed E-state index contributed by atoms with van der Waals surface area (Å²) < 4.78 is 5.59. The van der Waals surface area contributed by atoms with Gasteiger partial charge in [0.25, 0.3) is 0 Å². The lowest BCUT2D eigenvalue weighted by Crippen LogP contribution is -2.25. The molecule has 0 aliphatic carbocycles. The van der Waals surface area contributed by atoms with Gasteiger partial charge in [0.2, 0.25) is 0 Å². The van der Waals surface area contributed by atoms with Gasteiger partial charge in [0.05, 0.1) is 6.61 Å². The van der Waals surface area contributed by atoms with Gasteiger partial charge < -0.3 is 14.9 Å². The van der Waals surface area contributed by atoms with Gasteiger partial charge in [-0.25, -0.2) is 0 Å². The second-order valence-corrected chi connectivity index (χ2v) is 5.33. The first-order chi connectivity index (χ1) is 9.38. The second kappa shape index (κ2) is 5.03. The van der Waals surface area contributed by atoms with Gasteiger partial charge in [-0.05, 0) is 5.53 Å². The van der Waals surface area contributed by atoms with E-state index in [9.17, 15) is 9.90 Å². The van der Waals surface area contributed by atoms with E-state index in [4.69, 9.17) is 15.4 Å². The van der Waals surface area contributed by atoms with Crippen molar-refractivity contribution in [1.82, 2.24) is 0 Å². The van der Waals surface area contributed by atoms with Crippen molar-refractivity contribution in [3.8, 4) is 5.75 Å². The molecule has 7 heteroatoms. The van der Waals surface area contributed by atoms with E-state index in [1.54, 1.807) is 12.1 Å². The number of rotatable bonds is 4. The molecule has 0 saturated heterocycles. The zero-order valence-electron chi connectivity index (χ0n) is 11.1. The number of para-hydroxylation sites is 1. The third kappa shape index (κ3) is 2.29. The van der Waals surface area contributed by atoms with Gasteiger partial charge in [-0.1, -0.05) is 37.2 Å². The van der Waals surface area contributed by atoms with E-state index in [-0.39, 0.29) is 5.41 Å². The van der Waals surface area contributed by atoms with Crippen LogP contribution in [0.15, 0.2) is 23.3 Å². The number of azide groups is 1. The van der Waals surface area contributed by atoms with Crippen LogP contribution in [-0.2, 0) is 10.2 Å². The number of aliphatic hydroxyl groups excluding tert-OH is 1. The quantitative estimate of drug-likeness (QED) is 0.498. The van der Waals surface area contributed by atoms with Crippen LogP contribution in [0.4, 0.5) is 0 Å². The number of carbonyl (C=O) groups is 1. The lowest BCUT2D eigenvalue weighted by molar-refractivity contribution is -0.141. The number of carboxylic acids is 1. The van der Waals surface area contributed by atoms with Crippen molar-refractivity contribution >= 4 is 5.97 Å². The van der Waals surface area contributed by atoms with Crippen LogP contribution in [0.25, 0.3) is 10.4 Å². The van der Waals surface area contributed by atoms with E-state index < -0.39 is 18.1 Å². The molecule has 2 unspecified atom stereocenters. The minimum absolute atomic E-state index is 0.206. The van der Waals surface area contributed by atoms with Crippen molar-refractivity contribution in [3.63, 3.8) is 0 Å². The summed E-state index contributed by atoms with van der Waals surface area (Å²) in [6.45, 7) is 4.44. The molecule has 1 aliphatic heterocycles. The molecule has 1 aliphatic rings. The molecular weight excluding hydrogens is 262 g/mol. The molecule has 1 aromatic rings. The van der Waals surface area contributed by atoms with Crippen LogP contribution < -0.4 is 4.74 Å². The van der Waals surface area contributed by atoms with Crippen molar-refractivity contribution in [2.75, 3.05) is 6.61 Å². The van der Waals surface area contributed by atoms with E-state index in [0.717, 1.165) is 5.56 Å². The molecule has 1 aromatic carbocycles. The molecule has 0 fully saturated rings. The molecule has 0 spiro atoms. The summed E-state index contributed by atoms with van der Waals surface area (Å²) in [5.74, 6) is -0.908. The van der Waals surface area contributed by atoms with E-state index in [2.05, 4.69) is 10.0 Å². The second-order valence-electron chi connectivity index (χ2n) is 5.33. The van der Waals surface area contributed by atoms with Crippen LogP contribution in [0.1, 0.15) is 31.1 Å². The minimum atomic E-state index is -1.58. The normalized spacial score (nSPS) is 18.4. The molecule has 2 atom stereocenters. The summed E-state index contributed by atoms with van der Waals surface area (Å²) >= 11 is 0. The van der Waals surface area contributed by atoms with Crippen LogP contribution in [-0.4, -0.2) is 28.8 Å². The number of hydrogen-bond acceptors (Lipinski definition) is 4. The molecule has 106 valence electrons. The Morgan fingerprint density at radius 1 is 1.55 bits per heavy atom. The van der Waals surface area contributed by atoms with Crippen LogP contribution in [0, 0.1) is 0 Å². The first-order valence-corrected chi connectivity index (χ1v) is 6.10. The van der Waals surface area contributed by atoms with Gasteiger partial charge in [0, 0.05) is 21.5 Å². The van der Waals surface area contributed by atoms with Crippen LogP contribution in [0.2, 0.25) is 0 Å². The van der Waals surface area contributed by atoms with E-state index in [1.165, 1.54) is 0 Å². The molecule has 0 saturated carbocycles. The lowest BCUT2D eigenvalue weighted by atomic mass is 9.85. The summed E-state index contributed by atoms with van der Waals surface area (Å²) in [6.07, 6.45) is -1.45. The maximum Gasteiger partial charge on any atom is 0.315 e. The summed E-state index contributed by atoms with van der Waals surface area (Å²) in [7, 11) is 0. The smallest absolute Gasteiger partial charge is 0.315 e. The summed E-state index contributed by atoms with van der Waals surface area (Å²) in [5, 5.41) is 22.3. The lowest BCUT2D eigenvalue weighted by Gasteiger charge is -2.18. The standard InChI is InChI=1S/C13H15N3O4/c1-13(2)6-20-11-7(4-3-5-8(11)13)10(17)9(12(18)19)15-16-14/h3-5,9-10,17H,6H2,1-2H3,(H,18,19).